The van der Waals surface area contributed by atoms with E-state index in [2.05, 4.69) is 25.4 Å². The molecule has 0 saturated carbocycles. The largest absolute Gasteiger partial charge is 0.376 e. The first kappa shape index (κ1) is 16.4. The van der Waals surface area contributed by atoms with Crippen molar-refractivity contribution in [3.05, 3.63) is 11.6 Å². The number of H-pyrrole nitrogens is 1. The summed E-state index contributed by atoms with van der Waals surface area (Å²) in [6.45, 7) is 5.77. The van der Waals surface area contributed by atoms with E-state index >= 15 is 0 Å². The van der Waals surface area contributed by atoms with Crippen LogP contribution >= 0.6 is 0 Å². The zero-order chi connectivity index (χ0) is 16.1. The molecule has 3 rings (SSSR count). The molecule has 8 heteroatoms. The third-order valence-corrected chi connectivity index (χ3v) is 4.24. The van der Waals surface area contributed by atoms with Crippen molar-refractivity contribution >= 4 is 5.91 Å². The van der Waals surface area contributed by atoms with Gasteiger partial charge in [0, 0.05) is 32.7 Å². The second-order valence-corrected chi connectivity index (χ2v) is 6.03. The molecule has 0 spiro atoms. The lowest BCUT2D eigenvalue weighted by atomic mass is 10.2. The van der Waals surface area contributed by atoms with E-state index in [9.17, 15) is 4.79 Å². The van der Waals surface area contributed by atoms with E-state index in [1.54, 1.807) is 0 Å². The van der Waals surface area contributed by atoms with Crippen LogP contribution in [0.3, 0.4) is 0 Å². The third-order valence-electron chi connectivity index (χ3n) is 4.24. The highest BCUT2D eigenvalue weighted by Gasteiger charge is 2.26. The maximum Gasteiger partial charge on any atom is 0.234 e. The summed E-state index contributed by atoms with van der Waals surface area (Å²) in [5.74, 6) is 1.56. The Balaban J connectivity index is 1.45. The van der Waals surface area contributed by atoms with Crippen LogP contribution in [0.2, 0.25) is 0 Å². The van der Waals surface area contributed by atoms with Crippen molar-refractivity contribution in [2.75, 3.05) is 39.4 Å². The minimum atomic E-state index is -0.175. The summed E-state index contributed by atoms with van der Waals surface area (Å²) in [4.78, 5) is 18.6. The van der Waals surface area contributed by atoms with Gasteiger partial charge in [-0.3, -0.25) is 14.8 Å². The molecular formula is C15H25N5O3. The van der Waals surface area contributed by atoms with Crippen LogP contribution in [-0.4, -0.2) is 71.5 Å². The Morgan fingerprint density at radius 2 is 2.35 bits per heavy atom. The van der Waals surface area contributed by atoms with E-state index in [4.69, 9.17) is 9.47 Å². The van der Waals surface area contributed by atoms with Crippen LogP contribution in [0.15, 0.2) is 0 Å². The zero-order valence-electron chi connectivity index (χ0n) is 13.6. The van der Waals surface area contributed by atoms with Gasteiger partial charge in [-0.25, -0.2) is 4.98 Å². The first-order valence-corrected chi connectivity index (χ1v) is 8.38. The van der Waals surface area contributed by atoms with Gasteiger partial charge in [-0.15, -0.1) is 0 Å². The number of hydrogen-bond acceptors (Lipinski definition) is 6. The first-order chi connectivity index (χ1) is 11.2. The van der Waals surface area contributed by atoms with Crippen molar-refractivity contribution in [3.63, 3.8) is 0 Å². The normalized spacial score (nSPS) is 25.6. The van der Waals surface area contributed by atoms with Crippen LogP contribution in [0.1, 0.15) is 37.5 Å². The number of nitrogens with one attached hydrogen (secondary N) is 2. The summed E-state index contributed by atoms with van der Waals surface area (Å²) in [5.41, 5.74) is 0. The number of carbonyl (C=O) groups excluding carboxylic acids is 1. The number of amides is 1. The number of carbonyl (C=O) groups is 1. The number of morpholine rings is 1. The average molecular weight is 323 g/mol. The van der Waals surface area contributed by atoms with Gasteiger partial charge in [-0.05, 0) is 12.8 Å². The van der Waals surface area contributed by atoms with E-state index in [1.165, 1.54) is 0 Å². The predicted molar refractivity (Wildman–Crippen MR) is 82.9 cm³/mol. The fraction of sp³-hybridized carbons (Fsp3) is 0.800. The highest BCUT2D eigenvalue weighted by Crippen LogP contribution is 2.19. The minimum absolute atomic E-state index is 0.0328. The molecule has 128 valence electrons. The molecule has 1 aromatic heterocycles. The average Bonchev–Trinajstić information content (AvgIpc) is 3.24. The molecule has 2 N–H and O–H groups in total. The summed E-state index contributed by atoms with van der Waals surface area (Å²) >= 11 is 0. The summed E-state index contributed by atoms with van der Waals surface area (Å²) in [6.07, 6.45) is 2.94. The molecule has 23 heavy (non-hydrogen) atoms. The van der Waals surface area contributed by atoms with E-state index in [-0.39, 0.29) is 18.1 Å². The van der Waals surface area contributed by atoms with Gasteiger partial charge in [0.25, 0.3) is 0 Å². The van der Waals surface area contributed by atoms with Crippen molar-refractivity contribution < 1.29 is 14.3 Å². The molecule has 0 unspecified atom stereocenters. The molecule has 3 heterocycles. The van der Waals surface area contributed by atoms with Gasteiger partial charge in [0.05, 0.1) is 19.3 Å². The molecule has 2 aliphatic rings. The Kier molecular flexibility index (Phi) is 5.58. The molecule has 2 fully saturated rings. The third kappa shape index (κ3) is 4.49. The number of ether oxygens (including phenoxy) is 2. The Labute approximate surface area is 135 Å². The van der Waals surface area contributed by atoms with Crippen LogP contribution in [0.25, 0.3) is 0 Å². The summed E-state index contributed by atoms with van der Waals surface area (Å²) in [5, 5.41) is 10.1. The highest BCUT2D eigenvalue weighted by atomic mass is 16.5. The number of aromatic nitrogens is 3. The van der Waals surface area contributed by atoms with Crippen molar-refractivity contribution in [2.45, 2.75) is 38.4 Å². The number of aryl methyl sites for hydroxylation is 1. The summed E-state index contributed by atoms with van der Waals surface area (Å²) < 4.78 is 11.2. The van der Waals surface area contributed by atoms with Crippen LogP contribution in [-0.2, 0) is 20.7 Å². The van der Waals surface area contributed by atoms with E-state index in [0.717, 1.165) is 38.2 Å². The van der Waals surface area contributed by atoms with Gasteiger partial charge in [-0.2, -0.15) is 5.10 Å². The lowest BCUT2D eigenvalue weighted by molar-refractivity contribution is -0.125. The van der Waals surface area contributed by atoms with Crippen molar-refractivity contribution in [2.24, 2.45) is 0 Å². The Hall–Kier alpha value is -1.51. The molecule has 0 aromatic carbocycles. The number of hydrogen-bond donors (Lipinski definition) is 2. The summed E-state index contributed by atoms with van der Waals surface area (Å²) in [6, 6.07) is 0. The van der Waals surface area contributed by atoms with E-state index in [0.29, 0.717) is 32.1 Å². The second kappa shape index (κ2) is 7.85. The first-order valence-electron chi connectivity index (χ1n) is 8.38. The molecule has 0 aliphatic carbocycles. The molecule has 2 aliphatic heterocycles. The van der Waals surface area contributed by atoms with Gasteiger partial charge < -0.3 is 14.8 Å². The number of rotatable bonds is 6. The molecule has 2 atom stereocenters. The zero-order valence-corrected chi connectivity index (χ0v) is 13.6. The van der Waals surface area contributed by atoms with Gasteiger partial charge in [0.2, 0.25) is 5.91 Å². The number of aromatic amines is 1. The smallest absolute Gasteiger partial charge is 0.234 e. The molecule has 8 nitrogen and oxygen atoms in total. The maximum atomic E-state index is 12.1. The highest BCUT2D eigenvalue weighted by molar-refractivity contribution is 5.78. The van der Waals surface area contributed by atoms with Crippen LogP contribution in [0.5, 0.6) is 0 Å². The molecule has 0 radical (unpaired) electrons. The Morgan fingerprint density at radius 1 is 1.43 bits per heavy atom. The van der Waals surface area contributed by atoms with Crippen molar-refractivity contribution in [1.82, 2.24) is 25.4 Å². The fourth-order valence-corrected chi connectivity index (χ4v) is 2.91. The van der Waals surface area contributed by atoms with E-state index in [1.807, 2.05) is 6.92 Å². The van der Waals surface area contributed by atoms with Gasteiger partial charge in [-0.1, -0.05) is 6.92 Å². The molecule has 2 saturated heterocycles. The van der Waals surface area contributed by atoms with Gasteiger partial charge >= 0.3 is 0 Å². The lowest BCUT2D eigenvalue weighted by Crippen LogP contribution is -2.45. The standard InChI is InChI=1S/C15H25N5O3/c1-2-13-17-15(19-18-13)12-9-20(5-7-23-12)10-14(21)16-8-11-4-3-6-22-11/h11-12H,2-10H2,1H3,(H,16,21)(H,17,18,19)/t11-,12-/m0/s1. The maximum absolute atomic E-state index is 12.1. The number of nitrogens with zero attached hydrogens (tertiary/aromatic N) is 3. The van der Waals surface area contributed by atoms with Crippen molar-refractivity contribution in [3.8, 4) is 0 Å². The quantitative estimate of drug-likeness (QED) is 0.768. The topological polar surface area (TPSA) is 92.4 Å². The Bertz CT molecular complexity index is 515. The molecular weight excluding hydrogens is 298 g/mol. The monoisotopic (exact) mass is 323 g/mol. The molecule has 0 bridgehead atoms. The SMILES string of the molecule is CCc1nc([C@@H]2CN(CC(=O)NC[C@@H]3CCCO3)CCO2)n[nH]1. The summed E-state index contributed by atoms with van der Waals surface area (Å²) in [7, 11) is 0. The molecule has 1 aromatic rings. The lowest BCUT2D eigenvalue weighted by Gasteiger charge is -2.31. The van der Waals surface area contributed by atoms with Crippen LogP contribution in [0.4, 0.5) is 0 Å². The van der Waals surface area contributed by atoms with Crippen molar-refractivity contribution in [1.29, 1.82) is 0 Å². The molecule has 1 amide bonds. The van der Waals surface area contributed by atoms with Crippen LogP contribution < -0.4 is 5.32 Å². The second-order valence-electron chi connectivity index (χ2n) is 6.03. The predicted octanol–water partition coefficient (Wildman–Crippen LogP) is 0.0356. The van der Waals surface area contributed by atoms with Gasteiger partial charge in [0.15, 0.2) is 5.82 Å². The minimum Gasteiger partial charge on any atom is -0.376 e. The van der Waals surface area contributed by atoms with Crippen LogP contribution in [0, 0.1) is 0 Å². The van der Waals surface area contributed by atoms with E-state index < -0.39 is 0 Å². The fourth-order valence-electron chi connectivity index (χ4n) is 2.91. The Morgan fingerprint density at radius 3 is 3.09 bits per heavy atom. The van der Waals surface area contributed by atoms with Gasteiger partial charge in [0.1, 0.15) is 11.9 Å².